The van der Waals surface area contributed by atoms with Crippen molar-refractivity contribution in [3.63, 3.8) is 0 Å². The van der Waals surface area contributed by atoms with E-state index in [1.165, 1.54) is 7.11 Å². The summed E-state index contributed by atoms with van der Waals surface area (Å²) in [6.45, 7) is 1.52. The minimum atomic E-state index is -4.37. The van der Waals surface area contributed by atoms with Gasteiger partial charge in [-0.05, 0) is 44.2 Å². The minimum Gasteiger partial charge on any atom is -0.479 e. The topological polar surface area (TPSA) is 72.5 Å². The Morgan fingerprint density at radius 3 is 2.71 bits per heavy atom. The van der Waals surface area contributed by atoms with Gasteiger partial charge >= 0.3 is 6.18 Å². The number of anilines is 1. The van der Waals surface area contributed by atoms with Crippen LogP contribution in [0.2, 0.25) is 0 Å². The Morgan fingerprint density at radius 2 is 2.00 bits per heavy atom. The molecule has 4 heterocycles. The molecule has 4 aromatic rings. The largest absolute Gasteiger partial charge is 0.479 e. The fourth-order valence-electron chi connectivity index (χ4n) is 4.60. The smallest absolute Gasteiger partial charge is 0.406 e. The second kappa shape index (κ2) is 8.67. The van der Waals surface area contributed by atoms with Crippen LogP contribution in [0.1, 0.15) is 12.2 Å². The molecule has 5 rings (SSSR count). The number of halogens is 4. The van der Waals surface area contributed by atoms with Crippen molar-refractivity contribution in [2.75, 3.05) is 32.6 Å². The molecule has 0 amide bonds. The molecule has 3 aromatic heterocycles. The van der Waals surface area contributed by atoms with E-state index >= 15 is 0 Å². The number of hydrogen-bond donors (Lipinski definition) is 1. The molecular formula is C23H25F4N7O. The van der Waals surface area contributed by atoms with Gasteiger partial charge in [0.2, 0.25) is 11.8 Å². The van der Waals surface area contributed by atoms with Gasteiger partial charge in [-0.3, -0.25) is 0 Å². The Balaban J connectivity index is 1.53. The Bertz CT molecular complexity index is 1380. The molecule has 0 saturated carbocycles. The molecule has 0 aliphatic carbocycles. The standard InChI is InChI=1S/C23H25F4N7O/c1-13-28-18-5-4-14(10-19(18)33(13)12-23(25,26)27)15-6-9-34-20(15)21(35-3)30-22(31-34)29-17-7-8-32(2)11-16(17)24/h4-6,9-10,16-17H,7-8,11-12H2,1-3H3,(H,29,31)/t16-,17+/m1/s1. The number of rotatable bonds is 5. The third-order valence-electron chi connectivity index (χ3n) is 6.32. The van der Waals surface area contributed by atoms with Crippen molar-refractivity contribution in [3.8, 4) is 17.0 Å². The first-order chi connectivity index (χ1) is 16.6. The van der Waals surface area contributed by atoms with Crippen molar-refractivity contribution in [3.05, 3.63) is 36.3 Å². The van der Waals surface area contributed by atoms with E-state index in [-0.39, 0.29) is 17.7 Å². The predicted octanol–water partition coefficient (Wildman–Crippen LogP) is 4.08. The number of ether oxygens (including phenoxy) is 1. The van der Waals surface area contributed by atoms with Crippen LogP contribution in [0.4, 0.5) is 23.5 Å². The van der Waals surface area contributed by atoms with Crippen molar-refractivity contribution in [2.24, 2.45) is 0 Å². The summed E-state index contributed by atoms with van der Waals surface area (Å²) >= 11 is 0. The fraction of sp³-hybridized carbons (Fsp3) is 0.435. The van der Waals surface area contributed by atoms with Crippen molar-refractivity contribution in [2.45, 2.75) is 38.3 Å². The summed E-state index contributed by atoms with van der Waals surface area (Å²) in [6.07, 6.45) is -3.10. The first-order valence-electron chi connectivity index (χ1n) is 11.2. The van der Waals surface area contributed by atoms with Gasteiger partial charge < -0.3 is 19.5 Å². The van der Waals surface area contributed by atoms with E-state index in [1.807, 2.05) is 11.9 Å². The highest BCUT2D eigenvalue weighted by Gasteiger charge is 2.30. The van der Waals surface area contributed by atoms with E-state index in [4.69, 9.17) is 4.74 Å². The number of aromatic nitrogens is 5. The Kier molecular flexibility index (Phi) is 5.78. The number of nitrogens with one attached hydrogen (secondary N) is 1. The predicted molar refractivity (Wildman–Crippen MR) is 123 cm³/mol. The summed E-state index contributed by atoms with van der Waals surface area (Å²) in [4.78, 5) is 10.6. The van der Waals surface area contributed by atoms with Crippen molar-refractivity contribution >= 4 is 22.5 Å². The quantitative estimate of drug-likeness (QED) is 0.425. The van der Waals surface area contributed by atoms with Gasteiger partial charge in [-0.15, -0.1) is 5.10 Å². The highest BCUT2D eigenvalue weighted by atomic mass is 19.4. The van der Waals surface area contributed by atoms with Gasteiger partial charge in [0, 0.05) is 24.8 Å². The molecule has 2 atom stereocenters. The normalized spacial score (nSPS) is 19.5. The van der Waals surface area contributed by atoms with E-state index < -0.39 is 24.9 Å². The fourth-order valence-corrected chi connectivity index (χ4v) is 4.60. The molecule has 8 nitrogen and oxygen atoms in total. The maximum absolute atomic E-state index is 14.5. The number of benzene rings is 1. The molecule has 35 heavy (non-hydrogen) atoms. The summed E-state index contributed by atoms with van der Waals surface area (Å²) in [5.74, 6) is 0.793. The summed E-state index contributed by atoms with van der Waals surface area (Å²) in [6, 6.07) is 6.54. The number of fused-ring (bicyclic) bond motifs is 2. The molecule has 1 saturated heterocycles. The van der Waals surface area contributed by atoms with Crippen molar-refractivity contribution in [1.82, 2.24) is 29.0 Å². The van der Waals surface area contributed by atoms with Crippen LogP contribution in [-0.4, -0.2) is 74.7 Å². The third kappa shape index (κ3) is 4.49. The maximum Gasteiger partial charge on any atom is 0.406 e. The molecule has 0 spiro atoms. The first kappa shape index (κ1) is 23.3. The summed E-state index contributed by atoms with van der Waals surface area (Å²) in [7, 11) is 3.35. The number of alkyl halides is 4. The molecule has 1 fully saturated rings. The van der Waals surface area contributed by atoms with Crippen LogP contribution in [-0.2, 0) is 6.54 Å². The Hall–Kier alpha value is -3.41. The lowest BCUT2D eigenvalue weighted by atomic mass is 10.0. The van der Waals surface area contributed by atoms with Crippen LogP contribution in [0.3, 0.4) is 0 Å². The molecule has 0 unspecified atom stereocenters. The number of piperidine rings is 1. The molecule has 0 radical (unpaired) electrons. The highest BCUT2D eigenvalue weighted by Crippen LogP contribution is 2.34. The molecular weight excluding hydrogens is 466 g/mol. The van der Waals surface area contributed by atoms with Gasteiger partial charge in [-0.2, -0.15) is 18.2 Å². The van der Waals surface area contributed by atoms with Gasteiger partial charge in [0.25, 0.3) is 0 Å². The van der Waals surface area contributed by atoms with Crippen molar-refractivity contribution in [1.29, 1.82) is 0 Å². The zero-order chi connectivity index (χ0) is 24.9. The van der Waals surface area contributed by atoms with Crippen LogP contribution in [0.15, 0.2) is 30.5 Å². The molecule has 1 aromatic carbocycles. The van der Waals surface area contributed by atoms with Gasteiger partial charge in [0.1, 0.15) is 24.1 Å². The average Bonchev–Trinajstić information content (AvgIpc) is 3.35. The van der Waals surface area contributed by atoms with Crippen LogP contribution < -0.4 is 10.1 Å². The lowest BCUT2D eigenvalue weighted by Crippen LogP contribution is -2.46. The van der Waals surface area contributed by atoms with Gasteiger partial charge in [0.05, 0.1) is 24.2 Å². The second-order valence-corrected chi connectivity index (χ2v) is 8.85. The summed E-state index contributed by atoms with van der Waals surface area (Å²) < 4.78 is 62.2. The number of nitrogens with zero attached hydrogens (tertiary/aromatic N) is 6. The zero-order valence-electron chi connectivity index (χ0n) is 19.5. The zero-order valence-corrected chi connectivity index (χ0v) is 19.5. The molecule has 1 aliphatic rings. The number of aryl methyl sites for hydroxylation is 1. The average molecular weight is 491 g/mol. The third-order valence-corrected chi connectivity index (χ3v) is 6.32. The van der Waals surface area contributed by atoms with Crippen LogP contribution >= 0.6 is 0 Å². The highest BCUT2D eigenvalue weighted by molar-refractivity contribution is 5.89. The van der Waals surface area contributed by atoms with Crippen LogP contribution in [0.25, 0.3) is 27.7 Å². The van der Waals surface area contributed by atoms with E-state index in [2.05, 4.69) is 20.4 Å². The van der Waals surface area contributed by atoms with E-state index in [9.17, 15) is 17.6 Å². The SMILES string of the molecule is COc1nc(N[C@H]2CCN(C)C[C@H]2F)nn2ccc(-c3ccc4nc(C)n(CC(F)(F)F)c4c3)c12. The number of methoxy groups -OCH3 is 1. The first-order valence-corrected chi connectivity index (χ1v) is 11.2. The minimum absolute atomic E-state index is 0.239. The van der Waals surface area contributed by atoms with E-state index in [0.717, 1.165) is 11.1 Å². The monoisotopic (exact) mass is 491 g/mol. The Morgan fingerprint density at radius 1 is 1.20 bits per heavy atom. The van der Waals surface area contributed by atoms with E-state index in [0.29, 0.717) is 40.6 Å². The molecule has 0 bridgehead atoms. The molecule has 186 valence electrons. The summed E-state index contributed by atoms with van der Waals surface area (Å²) in [5.41, 5.74) is 2.77. The number of imidazole rings is 1. The van der Waals surface area contributed by atoms with Gasteiger partial charge in [-0.1, -0.05) is 6.07 Å². The summed E-state index contributed by atoms with van der Waals surface area (Å²) in [5, 5.41) is 7.56. The van der Waals surface area contributed by atoms with Gasteiger partial charge in [-0.25, -0.2) is 13.9 Å². The van der Waals surface area contributed by atoms with Gasteiger partial charge in [0.15, 0.2) is 0 Å². The lowest BCUT2D eigenvalue weighted by Gasteiger charge is -2.32. The van der Waals surface area contributed by atoms with Crippen LogP contribution in [0, 0.1) is 6.92 Å². The van der Waals surface area contributed by atoms with Crippen LogP contribution in [0.5, 0.6) is 5.88 Å². The van der Waals surface area contributed by atoms with E-state index in [1.54, 1.807) is 41.9 Å². The number of hydrogen-bond acceptors (Lipinski definition) is 6. The lowest BCUT2D eigenvalue weighted by molar-refractivity contribution is -0.140. The maximum atomic E-state index is 14.5. The molecule has 1 N–H and O–H groups in total. The second-order valence-electron chi connectivity index (χ2n) is 8.85. The molecule has 12 heteroatoms. The Labute approximate surface area is 198 Å². The number of likely N-dealkylation sites (tertiary alicyclic amines) is 1. The van der Waals surface area contributed by atoms with Crippen molar-refractivity contribution < 1.29 is 22.3 Å². The molecule has 1 aliphatic heterocycles.